The van der Waals surface area contributed by atoms with Gasteiger partial charge in [-0.1, -0.05) is 11.6 Å². The molecule has 0 bridgehead atoms. The maximum atomic E-state index is 13.5. The first-order valence-electron chi connectivity index (χ1n) is 6.68. The summed E-state index contributed by atoms with van der Waals surface area (Å²) in [6.45, 7) is 1.97. The van der Waals surface area contributed by atoms with E-state index in [1.54, 1.807) is 12.1 Å². The molecule has 0 aromatic heterocycles. The maximum absolute atomic E-state index is 13.5. The zero-order valence-electron chi connectivity index (χ0n) is 10.3. The fourth-order valence-electron chi connectivity index (χ4n) is 2.61. The predicted octanol–water partition coefficient (Wildman–Crippen LogP) is 3.20. The number of halogens is 2. The number of anilines is 1. The normalized spacial score (nSPS) is 24.3. The number of hydrogen-bond donors (Lipinski definition) is 1. The molecule has 1 aliphatic carbocycles. The molecule has 3 rings (SSSR count). The van der Waals surface area contributed by atoms with Gasteiger partial charge in [-0.25, -0.2) is 4.39 Å². The van der Waals surface area contributed by atoms with Crippen LogP contribution in [0.1, 0.15) is 25.7 Å². The Balaban J connectivity index is 1.68. The average molecular weight is 269 g/mol. The summed E-state index contributed by atoms with van der Waals surface area (Å²) in [6, 6.07) is 6.37. The van der Waals surface area contributed by atoms with Gasteiger partial charge in [-0.05, 0) is 43.9 Å². The van der Waals surface area contributed by atoms with Crippen molar-refractivity contribution in [1.29, 1.82) is 0 Å². The van der Waals surface area contributed by atoms with Crippen LogP contribution in [0, 0.1) is 5.82 Å². The lowest BCUT2D eigenvalue weighted by Crippen LogP contribution is -2.46. The number of nitrogens with zero attached hydrogens (tertiary/aromatic N) is 1. The molecule has 18 heavy (non-hydrogen) atoms. The van der Waals surface area contributed by atoms with Gasteiger partial charge in [0.25, 0.3) is 0 Å². The average Bonchev–Trinajstić information content (AvgIpc) is 3.17. The van der Waals surface area contributed by atoms with Crippen LogP contribution in [0.15, 0.2) is 18.2 Å². The summed E-state index contributed by atoms with van der Waals surface area (Å²) in [6.07, 6.45) is 5.01. The summed E-state index contributed by atoms with van der Waals surface area (Å²) < 4.78 is 13.5. The van der Waals surface area contributed by atoms with E-state index in [0.29, 0.717) is 6.04 Å². The van der Waals surface area contributed by atoms with E-state index in [1.165, 1.54) is 19.3 Å². The number of hydrogen-bond acceptors (Lipinski definition) is 2. The van der Waals surface area contributed by atoms with Crippen LogP contribution >= 0.6 is 11.6 Å². The molecular weight excluding hydrogens is 251 g/mol. The Labute approximate surface area is 112 Å². The second-order valence-electron chi connectivity index (χ2n) is 5.32. The lowest BCUT2D eigenvalue weighted by Gasteiger charge is -2.35. The molecule has 1 aliphatic heterocycles. The fraction of sp³-hybridized carbons (Fsp3) is 0.571. The fourth-order valence-corrected chi connectivity index (χ4v) is 2.73. The molecule has 2 aliphatic rings. The van der Waals surface area contributed by atoms with Crippen molar-refractivity contribution in [2.75, 3.05) is 18.0 Å². The zero-order valence-corrected chi connectivity index (χ0v) is 11.1. The van der Waals surface area contributed by atoms with Crippen LogP contribution < -0.4 is 10.2 Å². The van der Waals surface area contributed by atoms with E-state index >= 15 is 0 Å². The molecule has 1 heterocycles. The number of piperidine rings is 1. The molecule has 98 valence electrons. The highest BCUT2D eigenvalue weighted by molar-refractivity contribution is 6.30. The van der Waals surface area contributed by atoms with Gasteiger partial charge in [-0.2, -0.15) is 0 Å². The summed E-state index contributed by atoms with van der Waals surface area (Å²) in [4.78, 5) is 2.25. The van der Waals surface area contributed by atoms with Crippen LogP contribution in [0.5, 0.6) is 0 Å². The Morgan fingerprint density at radius 1 is 1.22 bits per heavy atom. The molecular formula is C14H18ClFN2. The molecule has 2 nitrogen and oxygen atoms in total. The van der Waals surface area contributed by atoms with Crippen molar-refractivity contribution >= 4 is 17.3 Å². The van der Waals surface area contributed by atoms with Crippen molar-refractivity contribution in [2.24, 2.45) is 0 Å². The SMILES string of the molecule is Fc1cc(N2CCCC(NC3CC3)C2)ccc1Cl. The highest BCUT2D eigenvalue weighted by Gasteiger charge is 2.27. The molecule has 1 aromatic rings. The van der Waals surface area contributed by atoms with Crippen LogP contribution in [0.3, 0.4) is 0 Å². The van der Waals surface area contributed by atoms with Crippen molar-refractivity contribution in [1.82, 2.24) is 5.32 Å². The van der Waals surface area contributed by atoms with Crippen molar-refractivity contribution in [3.63, 3.8) is 0 Å². The second-order valence-corrected chi connectivity index (χ2v) is 5.73. The van der Waals surface area contributed by atoms with E-state index in [1.807, 2.05) is 6.07 Å². The third-order valence-corrected chi connectivity index (χ3v) is 4.05. The minimum Gasteiger partial charge on any atom is -0.370 e. The minimum absolute atomic E-state index is 0.198. The van der Waals surface area contributed by atoms with Crippen molar-refractivity contribution in [3.8, 4) is 0 Å². The third kappa shape index (κ3) is 2.78. The predicted molar refractivity (Wildman–Crippen MR) is 72.8 cm³/mol. The summed E-state index contributed by atoms with van der Waals surface area (Å²) >= 11 is 5.72. The Morgan fingerprint density at radius 3 is 2.78 bits per heavy atom. The first-order chi connectivity index (χ1) is 8.72. The molecule has 4 heteroatoms. The topological polar surface area (TPSA) is 15.3 Å². The van der Waals surface area contributed by atoms with Gasteiger partial charge in [0, 0.05) is 30.9 Å². The number of rotatable bonds is 3. The molecule has 0 spiro atoms. The smallest absolute Gasteiger partial charge is 0.143 e. The van der Waals surface area contributed by atoms with E-state index in [-0.39, 0.29) is 10.8 Å². The molecule has 1 atom stereocenters. The molecule has 2 fully saturated rings. The second kappa shape index (κ2) is 5.06. The van der Waals surface area contributed by atoms with E-state index in [4.69, 9.17) is 11.6 Å². The highest BCUT2D eigenvalue weighted by atomic mass is 35.5. The first kappa shape index (κ1) is 12.2. The van der Waals surface area contributed by atoms with E-state index < -0.39 is 0 Å². The van der Waals surface area contributed by atoms with Gasteiger partial charge in [0.05, 0.1) is 5.02 Å². The largest absolute Gasteiger partial charge is 0.370 e. The van der Waals surface area contributed by atoms with E-state index in [9.17, 15) is 4.39 Å². The van der Waals surface area contributed by atoms with Crippen molar-refractivity contribution in [2.45, 2.75) is 37.8 Å². The Kier molecular flexibility index (Phi) is 3.44. The highest BCUT2D eigenvalue weighted by Crippen LogP contribution is 2.26. The molecule has 0 amide bonds. The van der Waals surface area contributed by atoms with Crippen LogP contribution in [-0.4, -0.2) is 25.2 Å². The number of nitrogens with one attached hydrogen (secondary N) is 1. The lowest BCUT2D eigenvalue weighted by atomic mass is 10.0. The molecule has 1 N–H and O–H groups in total. The molecule has 1 unspecified atom stereocenters. The minimum atomic E-state index is -0.327. The summed E-state index contributed by atoms with van der Waals surface area (Å²) in [7, 11) is 0. The quantitative estimate of drug-likeness (QED) is 0.906. The molecule has 0 radical (unpaired) electrons. The standard InChI is InChI=1S/C14H18ClFN2/c15-13-6-5-12(8-14(13)16)18-7-1-2-11(9-18)17-10-3-4-10/h5-6,8,10-11,17H,1-4,7,9H2. The van der Waals surface area contributed by atoms with Gasteiger partial charge < -0.3 is 10.2 Å². The van der Waals surface area contributed by atoms with E-state index in [0.717, 1.165) is 31.2 Å². The summed E-state index contributed by atoms with van der Waals surface area (Å²) in [5.74, 6) is -0.327. The van der Waals surface area contributed by atoms with Gasteiger partial charge >= 0.3 is 0 Å². The summed E-state index contributed by atoms with van der Waals surface area (Å²) in [5, 5.41) is 3.85. The Bertz CT molecular complexity index is 434. The molecule has 1 saturated carbocycles. The lowest BCUT2D eigenvalue weighted by molar-refractivity contribution is 0.420. The van der Waals surface area contributed by atoms with Crippen LogP contribution in [0.2, 0.25) is 5.02 Å². The van der Waals surface area contributed by atoms with Gasteiger partial charge in [0.15, 0.2) is 0 Å². The summed E-state index contributed by atoms with van der Waals surface area (Å²) in [5.41, 5.74) is 0.944. The van der Waals surface area contributed by atoms with Crippen LogP contribution in [-0.2, 0) is 0 Å². The van der Waals surface area contributed by atoms with E-state index in [2.05, 4.69) is 10.2 Å². The van der Waals surface area contributed by atoms with Gasteiger partial charge in [-0.15, -0.1) is 0 Å². The Hall–Kier alpha value is -0.800. The number of benzene rings is 1. The zero-order chi connectivity index (χ0) is 12.5. The van der Waals surface area contributed by atoms with Crippen LogP contribution in [0.4, 0.5) is 10.1 Å². The third-order valence-electron chi connectivity index (χ3n) is 3.74. The molecule has 1 aromatic carbocycles. The van der Waals surface area contributed by atoms with Gasteiger partial charge in [0.1, 0.15) is 5.82 Å². The maximum Gasteiger partial charge on any atom is 0.143 e. The van der Waals surface area contributed by atoms with Gasteiger partial charge in [-0.3, -0.25) is 0 Å². The molecule has 1 saturated heterocycles. The first-order valence-corrected chi connectivity index (χ1v) is 7.06. The van der Waals surface area contributed by atoms with Gasteiger partial charge in [0.2, 0.25) is 0 Å². The van der Waals surface area contributed by atoms with Crippen LogP contribution in [0.25, 0.3) is 0 Å². The Morgan fingerprint density at radius 2 is 2.06 bits per heavy atom. The monoisotopic (exact) mass is 268 g/mol. The van der Waals surface area contributed by atoms with Crippen molar-refractivity contribution < 1.29 is 4.39 Å². The van der Waals surface area contributed by atoms with Crippen molar-refractivity contribution in [3.05, 3.63) is 29.0 Å².